The SMILES string of the molecule is O=C(Nc1ccc(C2=CSC3=NCCN23)cc1)c1cnn(-c2ccccc2)n1. The molecule has 3 aromatic rings. The summed E-state index contributed by atoms with van der Waals surface area (Å²) in [7, 11) is 0. The van der Waals surface area contributed by atoms with Crippen LogP contribution in [-0.4, -0.2) is 44.1 Å². The Labute approximate surface area is 165 Å². The molecule has 2 aromatic carbocycles. The van der Waals surface area contributed by atoms with Crippen LogP contribution < -0.4 is 5.32 Å². The highest BCUT2D eigenvalue weighted by molar-refractivity contribution is 8.16. The molecule has 5 rings (SSSR count). The van der Waals surface area contributed by atoms with Crippen LogP contribution in [0.4, 0.5) is 5.69 Å². The van der Waals surface area contributed by atoms with Gasteiger partial charge in [0.05, 0.1) is 24.1 Å². The molecule has 0 aliphatic carbocycles. The Kier molecular flexibility index (Phi) is 4.17. The number of carbonyl (C=O) groups excluding carboxylic acids is 1. The largest absolute Gasteiger partial charge is 0.321 e. The van der Waals surface area contributed by atoms with E-state index >= 15 is 0 Å². The lowest BCUT2D eigenvalue weighted by molar-refractivity contribution is 0.102. The molecule has 0 fully saturated rings. The summed E-state index contributed by atoms with van der Waals surface area (Å²) in [4.78, 5) is 20.6. The van der Waals surface area contributed by atoms with Gasteiger partial charge in [-0.15, -0.1) is 5.10 Å². The second kappa shape index (κ2) is 6.97. The van der Waals surface area contributed by atoms with E-state index < -0.39 is 0 Å². The molecule has 0 saturated carbocycles. The zero-order chi connectivity index (χ0) is 18.9. The summed E-state index contributed by atoms with van der Waals surface area (Å²) in [6.45, 7) is 1.77. The Morgan fingerprint density at radius 3 is 2.71 bits per heavy atom. The summed E-state index contributed by atoms with van der Waals surface area (Å²) in [5.74, 6) is -0.292. The molecule has 0 radical (unpaired) electrons. The van der Waals surface area contributed by atoms with Gasteiger partial charge < -0.3 is 10.2 Å². The molecule has 0 spiro atoms. The van der Waals surface area contributed by atoms with Crippen molar-refractivity contribution in [3.63, 3.8) is 0 Å². The van der Waals surface area contributed by atoms with Crippen molar-refractivity contribution in [2.24, 2.45) is 4.99 Å². The number of nitrogens with zero attached hydrogens (tertiary/aromatic N) is 5. The number of rotatable bonds is 4. The van der Waals surface area contributed by atoms with Crippen LogP contribution in [0, 0.1) is 0 Å². The van der Waals surface area contributed by atoms with Crippen molar-refractivity contribution in [2.45, 2.75) is 0 Å². The van der Waals surface area contributed by atoms with Crippen LogP contribution in [-0.2, 0) is 0 Å². The normalized spacial score (nSPS) is 15.2. The first kappa shape index (κ1) is 16.8. The Hall–Kier alpha value is -3.39. The number of para-hydroxylation sites is 1. The molecule has 0 atom stereocenters. The number of fused-ring (bicyclic) bond motifs is 1. The Balaban J connectivity index is 1.28. The summed E-state index contributed by atoms with van der Waals surface area (Å²) < 4.78 is 0. The van der Waals surface area contributed by atoms with Gasteiger partial charge in [0.25, 0.3) is 5.91 Å². The third kappa shape index (κ3) is 3.07. The average Bonchev–Trinajstić information content (AvgIpc) is 3.46. The second-order valence-corrected chi connectivity index (χ2v) is 7.16. The Bertz CT molecular complexity index is 1090. The highest BCUT2D eigenvalue weighted by atomic mass is 32.2. The highest BCUT2D eigenvalue weighted by Crippen LogP contribution is 2.35. The topological polar surface area (TPSA) is 75.4 Å². The van der Waals surface area contributed by atoms with E-state index in [-0.39, 0.29) is 11.6 Å². The number of amides is 1. The van der Waals surface area contributed by atoms with E-state index in [0.717, 1.165) is 35.2 Å². The first-order chi connectivity index (χ1) is 13.8. The molecule has 7 nitrogen and oxygen atoms in total. The van der Waals surface area contributed by atoms with E-state index in [1.807, 2.05) is 54.6 Å². The van der Waals surface area contributed by atoms with E-state index in [9.17, 15) is 4.79 Å². The predicted octanol–water partition coefficient (Wildman–Crippen LogP) is 3.24. The number of benzene rings is 2. The van der Waals surface area contributed by atoms with Crippen molar-refractivity contribution in [3.05, 3.63) is 77.5 Å². The lowest BCUT2D eigenvalue weighted by atomic mass is 10.1. The maximum atomic E-state index is 12.5. The lowest BCUT2D eigenvalue weighted by Gasteiger charge is -2.16. The smallest absolute Gasteiger partial charge is 0.277 e. The van der Waals surface area contributed by atoms with Gasteiger partial charge >= 0.3 is 0 Å². The molecule has 8 heteroatoms. The number of amidine groups is 1. The maximum absolute atomic E-state index is 12.5. The fraction of sp³-hybridized carbons (Fsp3) is 0.100. The average molecular weight is 388 g/mol. The third-order valence-electron chi connectivity index (χ3n) is 4.52. The van der Waals surface area contributed by atoms with E-state index in [0.29, 0.717) is 5.69 Å². The van der Waals surface area contributed by atoms with E-state index in [1.54, 1.807) is 11.8 Å². The molecule has 28 heavy (non-hydrogen) atoms. The van der Waals surface area contributed by atoms with Gasteiger partial charge in [0.2, 0.25) is 0 Å². The fourth-order valence-electron chi connectivity index (χ4n) is 3.12. The van der Waals surface area contributed by atoms with E-state index in [2.05, 4.69) is 30.8 Å². The molecule has 1 N–H and O–H groups in total. The van der Waals surface area contributed by atoms with E-state index in [4.69, 9.17) is 0 Å². The van der Waals surface area contributed by atoms with Crippen LogP contribution in [0.25, 0.3) is 11.4 Å². The summed E-state index contributed by atoms with van der Waals surface area (Å²) >= 11 is 1.66. The molecule has 1 aromatic heterocycles. The van der Waals surface area contributed by atoms with Gasteiger partial charge in [-0.05, 0) is 29.8 Å². The summed E-state index contributed by atoms with van der Waals surface area (Å²) in [5, 5.41) is 14.5. The minimum Gasteiger partial charge on any atom is -0.321 e. The van der Waals surface area contributed by atoms with Crippen molar-refractivity contribution in [3.8, 4) is 5.69 Å². The minimum atomic E-state index is -0.292. The molecule has 1 amide bonds. The van der Waals surface area contributed by atoms with Crippen molar-refractivity contribution in [2.75, 3.05) is 18.4 Å². The maximum Gasteiger partial charge on any atom is 0.277 e. The second-order valence-electron chi connectivity index (χ2n) is 6.32. The number of aliphatic imine (C=N–C) groups is 1. The van der Waals surface area contributed by atoms with Gasteiger partial charge in [0, 0.05) is 17.6 Å². The van der Waals surface area contributed by atoms with E-state index in [1.165, 1.54) is 11.0 Å². The van der Waals surface area contributed by atoms with Gasteiger partial charge in [-0.25, -0.2) is 0 Å². The lowest BCUT2D eigenvalue weighted by Crippen LogP contribution is -2.19. The van der Waals surface area contributed by atoms with Gasteiger partial charge in [-0.3, -0.25) is 9.79 Å². The molecule has 3 heterocycles. The molecule has 0 unspecified atom stereocenters. The standard InChI is InChI=1S/C20H16N6OS/c27-19(17-12-22-26(24-17)16-4-2-1-3-5-16)23-15-8-6-14(7-9-15)18-13-28-20-21-10-11-25(18)20/h1-9,12-13H,10-11H2,(H,23,27). The van der Waals surface area contributed by atoms with Crippen molar-refractivity contribution in [1.29, 1.82) is 0 Å². The van der Waals surface area contributed by atoms with Crippen molar-refractivity contribution < 1.29 is 4.79 Å². The third-order valence-corrected chi connectivity index (χ3v) is 5.42. The van der Waals surface area contributed by atoms with Crippen LogP contribution in [0.1, 0.15) is 16.1 Å². The van der Waals surface area contributed by atoms with Gasteiger partial charge in [0.15, 0.2) is 10.9 Å². The van der Waals surface area contributed by atoms with Crippen LogP contribution in [0.2, 0.25) is 0 Å². The monoisotopic (exact) mass is 388 g/mol. The van der Waals surface area contributed by atoms with Crippen molar-refractivity contribution in [1.82, 2.24) is 19.9 Å². The zero-order valence-electron chi connectivity index (χ0n) is 14.8. The number of hydrogen-bond acceptors (Lipinski definition) is 6. The molecular weight excluding hydrogens is 372 g/mol. The van der Waals surface area contributed by atoms with Gasteiger partial charge in [0.1, 0.15) is 0 Å². The number of hydrogen-bond donors (Lipinski definition) is 1. The predicted molar refractivity (Wildman–Crippen MR) is 110 cm³/mol. The van der Waals surface area contributed by atoms with Crippen LogP contribution >= 0.6 is 11.8 Å². The summed E-state index contributed by atoms with van der Waals surface area (Å²) in [5.41, 5.74) is 4.04. The number of nitrogens with one attached hydrogen (secondary N) is 1. The molecule has 0 bridgehead atoms. The first-order valence-corrected chi connectivity index (χ1v) is 9.74. The number of thioether (sulfide) groups is 1. The fourth-order valence-corrected chi connectivity index (χ4v) is 4.08. The Morgan fingerprint density at radius 1 is 1.07 bits per heavy atom. The number of anilines is 1. The van der Waals surface area contributed by atoms with Crippen molar-refractivity contribution >= 4 is 34.2 Å². The van der Waals surface area contributed by atoms with Gasteiger partial charge in [-0.2, -0.15) is 9.90 Å². The molecule has 2 aliphatic rings. The highest BCUT2D eigenvalue weighted by Gasteiger charge is 2.26. The van der Waals surface area contributed by atoms with Crippen LogP contribution in [0.15, 0.2) is 71.2 Å². The molecule has 0 saturated heterocycles. The molecule has 138 valence electrons. The molecular formula is C20H16N6OS. The summed E-state index contributed by atoms with van der Waals surface area (Å²) in [6, 6.07) is 17.3. The number of aromatic nitrogens is 3. The quantitative estimate of drug-likeness (QED) is 0.743. The Morgan fingerprint density at radius 2 is 1.89 bits per heavy atom. The summed E-state index contributed by atoms with van der Waals surface area (Å²) in [6.07, 6.45) is 1.46. The molecule has 2 aliphatic heterocycles. The van der Waals surface area contributed by atoms with Gasteiger partial charge in [-0.1, -0.05) is 42.1 Å². The van der Waals surface area contributed by atoms with Crippen LogP contribution in [0.5, 0.6) is 0 Å². The minimum absolute atomic E-state index is 0.265. The zero-order valence-corrected chi connectivity index (χ0v) is 15.6. The van der Waals surface area contributed by atoms with Crippen LogP contribution in [0.3, 0.4) is 0 Å². The first-order valence-electron chi connectivity index (χ1n) is 8.86. The number of carbonyl (C=O) groups is 1.